The van der Waals surface area contributed by atoms with Crippen LogP contribution in [0.15, 0.2) is 53.7 Å². The molecule has 0 radical (unpaired) electrons. The molecule has 0 bridgehead atoms. The maximum atomic E-state index is 12.7. The second kappa shape index (κ2) is 6.98. The van der Waals surface area contributed by atoms with E-state index in [4.69, 9.17) is 10.00 Å². The largest absolute Gasteiger partial charge is 0.497 e. The van der Waals surface area contributed by atoms with Crippen molar-refractivity contribution in [2.45, 2.75) is 10.9 Å². The first-order chi connectivity index (χ1) is 12.4. The van der Waals surface area contributed by atoms with E-state index in [1.165, 1.54) is 4.57 Å². The number of nitrogens with zero attached hydrogens (tertiary/aromatic N) is 4. The van der Waals surface area contributed by atoms with Crippen molar-refractivity contribution < 1.29 is 13.2 Å². The topological polar surface area (TPSA) is 97.9 Å². The van der Waals surface area contributed by atoms with Crippen molar-refractivity contribution in [1.29, 1.82) is 5.26 Å². The third-order valence-electron chi connectivity index (χ3n) is 3.90. The summed E-state index contributed by atoms with van der Waals surface area (Å²) in [5.74, 6) is 0.934. The van der Waals surface area contributed by atoms with Gasteiger partial charge in [0.2, 0.25) is 15.0 Å². The number of hydrogen-bond donors (Lipinski definition) is 0. The van der Waals surface area contributed by atoms with Gasteiger partial charge in [0.15, 0.2) is 5.82 Å². The van der Waals surface area contributed by atoms with Crippen molar-refractivity contribution in [3.05, 3.63) is 59.7 Å². The summed E-state index contributed by atoms with van der Waals surface area (Å²) in [6.07, 6.45) is 0. The molecule has 8 heteroatoms. The Morgan fingerprint density at radius 1 is 1.08 bits per heavy atom. The summed E-state index contributed by atoms with van der Waals surface area (Å²) in [6, 6.07) is 15.6. The molecule has 2 aromatic carbocycles. The Bertz CT molecular complexity index is 1060. The van der Waals surface area contributed by atoms with Gasteiger partial charge in [-0.15, -0.1) is 10.2 Å². The van der Waals surface area contributed by atoms with Crippen LogP contribution in [0.2, 0.25) is 0 Å². The number of nitriles is 1. The lowest BCUT2D eigenvalue weighted by Gasteiger charge is -2.06. The monoisotopic (exact) mass is 368 g/mol. The minimum Gasteiger partial charge on any atom is -0.497 e. The fraction of sp³-hybridized carbons (Fsp3) is 0.167. The molecule has 0 atom stereocenters. The van der Waals surface area contributed by atoms with Gasteiger partial charge in [-0.05, 0) is 42.0 Å². The van der Waals surface area contributed by atoms with Crippen LogP contribution >= 0.6 is 0 Å². The SMILES string of the molecule is COc1ccc(-c2nnc(S(=O)(=O)Cc3ccc(C#N)cc3)n2C)cc1. The molecule has 26 heavy (non-hydrogen) atoms. The third-order valence-corrected chi connectivity index (χ3v) is 5.53. The summed E-state index contributed by atoms with van der Waals surface area (Å²) >= 11 is 0. The minimum atomic E-state index is -3.68. The number of hydrogen-bond acceptors (Lipinski definition) is 6. The van der Waals surface area contributed by atoms with Gasteiger partial charge in [0.05, 0.1) is 24.5 Å². The predicted molar refractivity (Wildman–Crippen MR) is 95.0 cm³/mol. The maximum Gasteiger partial charge on any atom is 0.250 e. The van der Waals surface area contributed by atoms with E-state index in [-0.39, 0.29) is 10.9 Å². The molecule has 3 rings (SSSR count). The fourth-order valence-corrected chi connectivity index (χ4v) is 3.97. The molecule has 0 aliphatic heterocycles. The molecule has 0 unspecified atom stereocenters. The predicted octanol–water partition coefficient (Wildman–Crippen LogP) is 2.34. The van der Waals surface area contributed by atoms with Crippen molar-refractivity contribution in [3.63, 3.8) is 0 Å². The number of rotatable bonds is 5. The summed E-state index contributed by atoms with van der Waals surface area (Å²) in [7, 11) is -0.491. The lowest BCUT2D eigenvalue weighted by Crippen LogP contribution is -2.11. The van der Waals surface area contributed by atoms with Gasteiger partial charge in [-0.25, -0.2) is 8.42 Å². The van der Waals surface area contributed by atoms with E-state index in [1.54, 1.807) is 62.7 Å². The van der Waals surface area contributed by atoms with Gasteiger partial charge in [-0.3, -0.25) is 0 Å². The van der Waals surface area contributed by atoms with Gasteiger partial charge < -0.3 is 9.30 Å². The van der Waals surface area contributed by atoms with Crippen molar-refractivity contribution >= 4 is 9.84 Å². The van der Waals surface area contributed by atoms with E-state index in [1.807, 2.05) is 6.07 Å². The second-order valence-corrected chi connectivity index (χ2v) is 7.54. The highest BCUT2D eigenvalue weighted by atomic mass is 32.2. The number of methoxy groups -OCH3 is 1. The fourth-order valence-electron chi connectivity index (χ4n) is 2.54. The highest BCUT2D eigenvalue weighted by molar-refractivity contribution is 7.90. The molecule has 0 amide bonds. The normalized spacial score (nSPS) is 11.1. The van der Waals surface area contributed by atoms with E-state index in [0.29, 0.717) is 22.7 Å². The van der Waals surface area contributed by atoms with Gasteiger partial charge >= 0.3 is 0 Å². The zero-order valence-electron chi connectivity index (χ0n) is 14.2. The lowest BCUT2D eigenvalue weighted by atomic mass is 10.2. The standard InChI is InChI=1S/C18H16N4O3S/c1-22-17(15-7-9-16(25-2)10-8-15)20-21-18(22)26(23,24)12-14-5-3-13(11-19)4-6-14/h3-10H,12H2,1-2H3. The van der Waals surface area contributed by atoms with Crippen molar-refractivity contribution in [2.75, 3.05) is 7.11 Å². The molecule has 0 saturated carbocycles. The van der Waals surface area contributed by atoms with E-state index >= 15 is 0 Å². The lowest BCUT2D eigenvalue weighted by molar-refractivity contribution is 0.415. The zero-order chi connectivity index (χ0) is 18.7. The molecule has 1 heterocycles. The van der Waals surface area contributed by atoms with Crippen LogP contribution in [-0.4, -0.2) is 30.3 Å². The molecule has 0 spiro atoms. The first-order valence-corrected chi connectivity index (χ1v) is 9.35. The molecule has 0 fully saturated rings. The van der Waals surface area contributed by atoms with Crippen LogP contribution in [0.4, 0.5) is 0 Å². The molecule has 0 N–H and O–H groups in total. The Balaban J connectivity index is 1.90. The summed E-state index contributed by atoms with van der Waals surface area (Å²) in [4.78, 5) is 0. The van der Waals surface area contributed by atoms with Crippen LogP contribution < -0.4 is 4.74 Å². The van der Waals surface area contributed by atoms with E-state index in [2.05, 4.69) is 10.2 Å². The van der Waals surface area contributed by atoms with Crippen molar-refractivity contribution in [3.8, 4) is 23.2 Å². The molecule has 0 aliphatic rings. The van der Waals surface area contributed by atoms with Crippen LogP contribution in [0.25, 0.3) is 11.4 Å². The van der Waals surface area contributed by atoms with Gasteiger partial charge in [0, 0.05) is 12.6 Å². The highest BCUT2D eigenvalue weighted by Crippen LogP contribution is 2.23. The first-order valence-electron chi connectivity index (χ1n) is 7.70. The van der Waals surface area contributed by atoms with Gasteiger partial charge in [0.25, 0.3) is 0 Å². The zero-order valence-corrected chi connectivity index (χ0v) is 15.1. The van der Waals surface area contributed by atoms with E-state index < -0.39 is 9.84 Å². The Labute approximate surface area is 151 Å². The van der Waals surface area contributed by atoms with E-state index in [0.717, 1.165) is 5.56 Å². The summed E-state index contributed by atoms with van der Waals surface area (Å²) in [5, 5.41) is 16.6. The molecule has 0 saturated heterocycles. The number of benzene rings is 2. The van der Waals surface area contributed by atoms with Crippen LogP contribution in [0, 0.1) is 11.3 Å². The Morgan fingerprint density at radius 2 is 1.73 bits per heavy atom. The second-order valence-electron chi connectivity index (χ2n) is 5.66. The summed E-state index contributed by atoms with van der Waals surface area (Å²) in [5.41, 5.74) is 1.80. The smallest absolute Gasteiger partial charge is 0.250 e. The summed E-state index contributed by atoms with van der Waals surface area (Å²) < 4.78 is 32.0. The number of aromatic nitrogens is 3. The first kappa shape index (κ1) is 17.6. The molecular formula is C18H16N4O3S. The Kier molecular flexibility index (Phi) is 4.73. The third kappa shape index (κ3) is 3.43. The number of sulfone groups is 1. The molecule has 7 nitrogen and oxygen atoms in total. The van der Waals surface area contributed by atoms with Gasteiger partial charge in [0.1, 0.15) is 5.75 Å². The summed E-state index contributed by atoms with van der Waals surface area (Å²) in [6.45, 7) is 0. The molecule has 0 aliphatic carbocycles. The Morgan fingerprint density at radius 3 is 2.31 bits per heavy atom. The van der Waals surface area contributed by atoms with Crippen LogP contribution in [0.3, 0.4) is 0 Å². The van der Waals surface area contributed by atoms with E-state index in [9.17, 15) is 8.42 Å². The molecule has 1 aromatic heterocycles. The molecule has 3 aromatic rings. The average molecular weight is 368 g/mol. The van der Waals surface area contributed by atoms with Crippen LogP contribution in [-0.2, 0) is 22.6 Å². The van der Waals surface area contributed by atoms with Gasteiger partial charge in [-0.2, -0.15) is 5.26 Å². The average Bonchev–Trinajstić information content (AvgIpc) is 3.04. The quantitative estimate of drug-likeness (QED) is 0.685. The minimum absolute atomic E-state index is 0.104. The van der Waals surface area contributed by atoms with Crippen molar-refractivity contribution in [1.82, 2.24) is 14.8 Å². The van der Waals surface area contributed by atoms with Crippen LogP contribution in [0.5, 0.6) is 5.75 Å². The van der Waals surface area contributed by atoms with Crippen molar-refractivity contribution in [2.24, 2.45) is 7.05 Å². The maximum absolute atomic E-state index is 12.7. The molecular weight excluding hydrogens is 352 g/mol. The van der Waals surface area contributed by atoms with Crippen LogP contribution in [0.1, 0.15) is 11.1 Å². The van der Waals surface area contributed by atoms with Gasteiger partial charge in [-0.1, -0.05) is 12.1 Å². The number of ether oxygens (including phenoxy) is 1. The highest BCUT2D eigenvalue weighted by Gasteiger charge is 2.24. The molecule has 132 valence electrons. The Hall–Kier alpha value is -3.18.